The van der Waals surface area contributed by atoms with Gasteiger partial charge in [-0.15, -0.1) is 0 Å². The Hall–Kier alpha value is -6.44. The second-order valence-electron chi connectivity index (χ2n) is 14.5. The zero-order valence-electron chi connectivity index (χ0n) is 31.5. The first kappa shape index (κ1) is 34.3. The molecule has 0 atom stereocenters. The van der Waals surface area contributed by atoms with Crippen molar-refractivity contribution in [1.82, 2.24) is 4.57 Å². The van der Waals surface area contributed by atoms with Crippen LogP contribution in [0.25, 0.3) is 88.6 Å². The number of rotatable bonds is 11. The van der Waals surface area contributed by atoms with Crippen molar-refractivity contribution in [1.29, 1.82) is 0 Å². The van der Waals surface area contributed by atoms with Crippen molar-refractivity contribution in [3.8, 4) is 66.8 Å². The first-order chi connectivity index (χ1) is 27.3. The van der Waals surface area contributed by atoms with Crippen molar-refractivity contribution < 1.29 is 0 Å². The number of aryl methyl sites for hydroxylation is 1. The Morgan fingerprint density at radius 2 is 0.673 bits per heavy atom. The molecule has 1 aromatic heterocycles. The van der Waals surface area contributed by atoms with E-state index in [1.165, 1.54) is 114 Å². The van der Waals surface area contributed by atoms with Crippen molar-refractivity contribution >= 4 is 21.8 Å². The topological polar surface area (TPSA) is 4.93 Å². The van der Waals surface area contributed by atoms with Gasteiger partial charge < -0.3 is 4.57 Å². The molecule has 9 rings (SSSR count). The van der Waals surface area contributed by atoms with Gasteiger partial charge in [0.25, 0.3) is 0 Å². The van der Waals surface area contributed by atoms with E-state index in [1.54, 1.807) is 0 Å². The van der Waals surface area contributed by atoms with Gasteiger partial charge in [0.05, 0.1) is 0 Å². The highest BCUT2D eigenvalue weighted by Crippen LogP contribution is 2.56. The van der Waals surface area contributed by atoms with Crippen LogP contribution in [0.5, 0.6) is 0 Å². The molecule has 0 radical (unpaired) electrons. The lowest BCUT2D eigenvalue weighted by Gasteiger charge is -2.29. The van der Waals surface area contributed by atoms with Gasteiger partial charge in [-0.1, -0.05) is 202 Å². The van der Waals surface area contributed by atoms with E-state index in [9.17, 15) is 0 Å². The summed E-state index contributed by atoms with van der Waals surface area (Å²) in [5.74, 6) is 0. The molecule has 1 heterocycles. The molecule has 0 aliphatic rings. The van der Waals surface area contributed by atoms with Gasteiger partial charge in [-0.05, 0) is 91.4 Å². The van der Waals surface area contributed by atoms with E-state index in [2.05, 4.69) is 206 Å². The highest BCUT2D eigenvalue weighted by atomic mass is 15.0. The van der Waals surface area contributed by atoms with Crippen molar-refractivity contribution in [3.63, 3.8) is 0 Å². The maximum absolute atomic E-state index is 2.56. The first-order valence-corrected chi connectivity index (χ1v) is 19.8. The lowest BCUT2D eigenvalue weighted by Crippen LogP contribution is -2.02. The Morgan fingerprint density at radius 3 is 1.09 bits per heavy atom. The third kappa shape index (κ3) is 6.47. The summed E-state index contributed by atoms with van der Waals surface area (Å²) in [5, 5.41) is 2.61. The summed E-state index contributed by atoms with van der Waals surface area (Å²) in [7, 11) is 0. The van der Waals surface area contributed by atoms with E-state index in [1.807, 2.05) is 0 Å². The number of fused-ring (bicyclic) bond motifs is 3. The van der Waals surface area contributed by atoms with Crippen molar-refractivity contribution in [2.75, 3.05) is 0 Å². The van der Waals surface area contributed by atoms with Gasteiger partial charge in [-0.25, -0.2) is 0 Å². The first-order valence-electron chi connectivity index (χ1n) is 19.8. The number of aromatic nitrogens is 1. The standard InChI is InChI=1S/C54H45N/c1-2-3-4-22-37-55-47-34-21-20-33-45(47)46-38-44(35-36-48(46)55)54-52(42-29-16-8-17-30-42)50(40-25-12-6-13-26-40)49(39-23-10-5-11-24-39)51(41-27-14-7-15-28-41)53(54)43-31-18-9-19-32-43/h5-21,23-36,38H,2-4,22,37H2,1H3. The number of hydrogen-bond acceptors (Lipinski definition) is 0. The molecule has 0 saturated carbocycles. The van der Waals surface area contributed by atoms with Crippen LogP contribution in [-0.2, 0) is 6.54 Å². The zero-order valence-corrected chi connectivity index (χ0v) is 31.5. The third-order valence-corrected chi connectivity index (χ3v) is 11.1. The number of hydrogen-bond donors (Lipinski definition) is 0. The maximum atomic E-state index is 2.56. The molecule has 1 heteroatoms. The second kappa shape index (κ2) is 15.5. The predicted molar refractivity (Wildman–Crippen MR) is 236 cm³/mol. The highest BCUT2D eigenvalue weighted by molar-refractivity contribution is 6.17. The average Bonchev–Trinajstić information content (AvgIpc) is 3.58. The zero-order chi connectivity index (χ0) is 37.0. The molecule has 1 nitrogen and oxygen atoms in total. The van der Waals surface area contributed by atoms with Crippen LogP contribution in [0.3, 0.4) is 0 Å². The second-order valence-corrected chi connectivity index (χ2v) is 14.5. The van der Waals surface area contributed by atoms with Crippen LogP contribution in [-0.4, -0.2) is 4.57 Å². The fraction of sp³-hybridized carbons (Fsp3) is 0.111. The molecule has 0 saturated heterocycles. The van der Waals surface area contributed by atoms with E-state index < -0.39 is 0 Å². The molecule has 266 valence electrons. The Bertz CT molecular complexity index is 2590. The largest absolute Gasteiger partial charge is 0.340 e. The fourth-order valence-electron chi connectivity index (χ4n) is 8.65. The van der Waals surface area contributed by atoms with E-state index in [0.717, 1.165) is 6.54 Å². The van der Waals surface area contributed by atoms with Crippen LogP contribution in [0.2, 0.25) is 0 Å². The van der Waals surface area contributed by atoms with Gasteiger partial charge in [0.15, 0.2) is 0 Å². The van der Waals surface area contributed by atoms with Crippen molar-refractivity contribution in [3.05, 3.63) is 194 Å². The lowest BCUT2D eigenvalue weighted by atomic mass is 9.74. The number of para-hydroxylation sites is 1. The molecule has 55 heavy (non-hydrogen) atoms. The minimum atomic E-state index is 1.02. The summed E-state index contributed by atoms with van der Waals surface area (Å²) in [6.45, 7) is 3.31. The molecule has 0 spiro atoms. The quantitative estimate of drug-likeness (QED) is 0.118. The lowest BCUT2D eigenvalue weighted by molar-refractivity contribution is 0.602. The molecule has 9 aromatic rings. The summed E-state index contributed by atoms with van der Waals surface area (Å²) in [6.07, 6.45) is 4.95. The number of nitrogens with zero attached hydrogens (tertiary/aromatic N) is 1. The minimum absolute atomic E-state index is 1.02. The van der Waals surface area contributed by atoms with Gasteiger partial charge in [0.1, 0.15) is 0 Å². The van der Waals surface area contributed by atoms with E-state index in [0.29, 0.717) is 0 Å². The average molecular weight is 708 g/mol. The Labute approximate surface area is 325 Å². The smallest absolute Gasteiger partial charge is 0.0491 e. The Kier molecular flexibility index (Phi) is 9.68. The van der Waals surface area contributed by atoms with Crippen molar-refractivity contribution in [2.45, 2.75) is 39.2 Å². The predicted octanol–water partition coefficient (Wildman–Crippen LogP) is 15.4. The van der Waals surface area contributed by atoms with Crippen LogP contribution < -0.4 is 0 Å². The molecule has 0 fully saturated rings. The van der Waals surface area contributed by atoms with Gasteiger partial charge in [0, 0.05) is 28.4 Å². The van der Waals surface area contributed by atoms with Crippen LogP contribution >= 0.6 is 0 Å². The van der Waals surface area contributed by atoms with E-state index in [-0.39, 0.29) is 0 Å². The molecule has 0 amide bonds. The Balaban J connectivity index is 1.48. The monoisotopic (exact) mass is 707 g/mol. The highest BCUT2D eigenvalue weighted by Gasteiger charge is 2.29. The number of unbranched alkanes of at least 4 members (excludes halogenated alkanes) is 3. The van der Waals surface area contributed by atoms with Gasteiger partial charge in [-0.2, -0.15) is 0 Å². The Morgan fingerprint density at radius 1 is 0.309 bits per heavy atom. The van der Waals surface area contributed by atoms with Gasteiger partial charge in [-0.3, -0.25) is 0 Å². The van der Waals surface area contributed by atoms with Crippen LogP contribution in [0, 0.1) is 0 Å². The summed E-state index contributed by atoms with van der Waals surface area (Å²) >= 11 is 0. The SMILES string of the molecule is CCCCCCn1c2ccccc2c2cc(-c3c(-c4ccccc4)c(-c4ccccc4)c(-c4ccccc4)c(-c4ccccc4)c3-c3ccccc3)ccc21. The van der Waals surface area contributed by atoms with E-state index in [4.69, 9.17) is 0 Å². The molecule has 0 aliphatic carbocycles. The summed E-state index contributed by atoms with van der Waals surface area (Å²) in [4.78, 5) is 0. The normalized spacial score (nSPS) is 11.4. The molecular weight excluding hydrogens is 663 g/mol. The maximum Gasteiger partial charge on any atom is 0.0491 e. The molecule has 8 aromatic carbocycles. The molecule has 0 bridgehead atoms. The van der Waals surface area contributed by atoms with Crippen LogP contribution in [0.4, 0.5) is 0 Å². The molecular formula is C54H45N. The molecule has 0 N–H and O–H groups in total. The minimum Gasteiger partial charge on any atom is -0.340 e. The van der Waals surface area contributed by atoms with Crippen LogP contribution in [0.1, 0.15) is 32.6 Å². The van der Waals surface area contributed by atoms with Crippen LogP contribution in [0.15, 0.2) is 194 Å². The van der Waals surface area contributed by atoms with Gasteiger partial charge >= 0.3 is 0 Å². The van der Waals surface area contributed by atoms with Crippen molar-refractivity contribution in [2.24, 2.45) is 0 Å². The summed E-state index contributed by atoms with van der Waals surface area (Å²) in [6, 6.07) is 71.5. The third-order valence-electron chi connectivity index (χ3n) is 11.1. The van der Waals surface area contributed by atoms with Gasteiger partial charge in [0.2, 0.25) is 0 Å². The molecule has 0 unspecified atom stereocenters. The number of benzene rings is 8. The summed E-state index contributed by atoms with van der Waals surface area (Å²) in [5.41, 5.74) is 17.3. The van der Waals surface area contributed by atoms with E-state index >= 15 is 0 Å². The summed E-state index contributed by atoms with van der Waals surface area (Å²) < 4.78 is 2.56. The molecule has 0 aliphatic heterocycles. The fourth-order valence-corrected chi connectivity index (χ4v) is 8.65.